The molecule has 2 rings (SSSR count). The van der Waals surface area contributed by atoms with Gasteiger partial charge in [0.25, 0.3) is 0 Å². The normalized spacial score (nSPS) is 10.3. The zero-order valence-electron chi connectivity index (χ0n) is 8.66. The lowest BCUT2D eigenvalue weighted by atomic mass is 10.1. The van der Waals surface area contributed by atoms with E-state index in [0.717, 1.165) is 11.1 Å². The zero-order valence-corrected chi connectivity index (χ0v) is 9.42. The van der Waals surface area contributed by atoms with Crippen LogP contribution in [0.2, 0.25) is 5.15 Å². The molecule has 0 bridgehead atoms. The SMILES string of the molecule is Cc1ccc(-c2ncc(C)c(Cl)n2)cc1. The minimum atomic E-state index is 0.514. The van der Waals surface area contributed by atoms with E-state index in [2.05, 4.69) is 9.97 Å². The van der Waals surface area contributed by atoms with Crippen molar-refractivity contribution in [3.63, 3.8) is 0 Å². The molecule has 2 nitrogen and oxygen atoms in total. The van der Waals surface area contributed by atoms with Gasteiger partial charge in [-0.2, -0.15) is 0 Å². The molecule has 1 aromatic heterocycles. The molecule has 0 amide bonds. The van der Waals surface area contributed by atoms with E-state index in [0.29, 0.717) is 11.0 Å². The fourth-order valence-corrected chi connectivity index (χ4v) is 1.39. The molecule has 15 heavy (non-hydrogen) atoms. The standard InChI is InChI=1S/C12H11ClN2/c1-8-3-5-10(6-4-8)12-14-7-9(2)11(13)15-12/h3-7H,1-2H3. The summed E-state index contributed by atoms with van der Waals surface area (Å²) < 4.78 is 0. The molecule has 3 heteroatoms. The topological polar surface area (TPSA) is 25.8 Å². The predicted molar refractivity (Wildman–Crippen MR) is 62.0 cm³/mol. The van der Waals surface area contributed by atoms with Crippen molar-refractivity contribution in [3.8, 4) is 11.4 Å². The van der Waals surface area contributed by atoms with Crippen LogP contribution in [0.25, 0.3) is 11.4 Å². The van der Waals surface area contributed by atoms with Crippen molar-refractivity contribution >= 4 is 11.6 Å². The lowest BCUT2D eigenvalue weighted by molar-refractivity contribution is 1.14. The lowest BCUT2D eigenvalue weighted by Crippen LogP contribution is -1.91. The van der Waals surface area contributed by atoms with Gasteiger partial charge in [-0.05, 0) is 13.8 Å². The Kier molecular flexibility index (Phi) is 2.69. The van der Waals surface area contributed by atoms with Crippen molar-refractivity contribution in [2.24, 2.45) is 0 Å². The minimum Gasteiger partial charge on any atom is -0.236 e. The maximum Gasteiger partial charge on any atom is 0.160 e. The second-order valence-electron chi connectivity index (χ2n) is 3.53. The second kappa shape index (κ2) is 3.99. The van der Waals surface area contributed by atoms with E-state index >= 15 is 0 Å². The van der Waals surface area contributed by atoms with Gasteiger partial charge in [-0.15, -0.1) is 0 Å². The number of hydrogen-bond donors (Lipinski definition) is 0. The van der Waals surface area contributed by atoms with Gasteiger partial charge in [0, 0.05) is 17.3 Å². The number of halogens is 1. The van der Waals surface area contributed by atoms with E-state index in [9.17, 15) is 0 Å². The van der Waals surface area contributed by atoms with Crippen LogP contribution in [0.5, 0.6) is 0 Å². The first-order chi connectivity index (χ1) is 7.16. The first kappa shape index (κ1) is 10.1. The monoisotopic (exact) mass is 218 g/mol. The van der Waals surface area contributed by atoms with Crippen LogP contribution in [0.15, 0.2) is 30.5 Å². The predicted octanol–water partition coefficient (Wildman–Crippen LogP) is 3.41. The molecule has 0 aliphatic rings. The summed E-state index contributed by atoms with van der Waals surface area (Å²) in [5.41, 5.74) is 3.10. The number of hydrogen-bond acceptors (Lipinski definition) is 2. The van der Waals surface area contributed by atoms with Gasteiger partial charge in [0.1, 0.15) is 5.15 Å². The van der Waals surface area contributed by atoms with Gasteiger partial charge >= 0.3 is 0 Å². The molecule has 0 fully saturated rings. The first-order valence-corrected chi connectivity index (χ1v) is 5.11. The smallest absolute Gasteiger partial charge is 0.160 e. The van der Waals surface area contributed by atoms with Gasteiger partial charge in [0.15, 0.2) is 5.82 Å². The summed E-state index contributed by atoms with van der Waals surface area (Å²) in [5, 5.41) is 0.514. The third-order valence-electron chi connectivity index (χ3n) is 2.22. The van der Waals surface area contributed by atoms with Gasteiger partial charge in [0.05, 0.1) is 0 Å². The van der Waals surface area contributed by atoms with Crippen LogP contribution in [0.4, 0.5) is 0 Å². The summed E-state index contributed by atoms with van der Waals surface area (Å²) in [5.74, 6) is 0.672. The van der Waals surface area contributed by atoms with Gasteiger partial charge in [0.2, 0.25) is 0 Å². The number of aryl methyl sites for hydroxylation is 2. The Balaban J connectivity index is 2.45. The van der Waals surface area contributed by atoms with Crippen molar-refractivity contribution in [3.05, 3.63) is 46.7 Å². The van der Waals surface area contributed by atoms with Crippen molar-refractivity contribution in [1.82, 2.24) is 9.97 Å². The van der Waals surface area contributed by atoms with E-state index < -0.39 is 0 Å². The quantitative estimate of drug-likeness (QED) is 0.686. The summed E-state index contributed by atoms with van der Waals surface area (Å²) in [6.45, 7) is 3.94. The van der Waals surface area contributed by atoms with Crippen LogP contribution in [-0.4, -0.2) is 9.97 Å². The molecule has 0 aliphatic carbocycles. The number of benzene rings is 1. The second-order valence-corrected chi connectivity index (χ2v) is 3.89. The van der Waals surface area contributed by atoms with Crippen molar-refractivity contribution < 1.29 is 0 Å². The molecular weight excluding hydrogens is 208 g/mol. The molecule has 0 radical (unpaired) electrons. The molecule has 0 atom stereocenters. The van der Waals surface area contributed by atoms with Gasteiger partial charge in [-0.25, -0.2) is 9.97 Å². The summed E-state index contributed by atoms with van der Waals surface area (Å²) in [4.78, 5) is 8.47. The van der Waals surface area contributed by atoms with Crippen molar-refractivity contribution in [2.45, 2.75) is 13.8 Å². The van der Waals surface area contributed by atoms with E-state index in [1.165, 1.54) is 5.56 Å². The van der Waals surface area contributed by atoms with Gasteiger partial charge in [-0.1, -0.05) is 41.4 Å². The summed E-state index contributed by atoms with van der Waals surface area (Å²) in [6, 6.07) is 8.06. The van der Waals surface area contributed by atoms with E-state index in [-0.39, 0.29) is 0 Å². The number of nitrogens with zero attached hydrogens (tertiary/aromatic N) is 2. The third kappa shape index (κ3) is 2.16. The average molecular weight is 219 g/mol. The maximum atomic E-state index is 5.94. The van der Waals surface area contributed by atoms with E-state index in [1.807, 2.05) is 38.1 Å². The van der Waals surface area contributed by atoms with Crippen molar-refractivity contribution in [1.29, 1.82) is 0 Å². The highest BCUT2D eigenvalue weighted by Crippen LogP contribution is 2.18. The van der Waals surface area contributed by atoms with E-state index in [4.69, 9.17) is 11.6 Å². The van der Waals surface area contributed by atoms with Gasteiger partial charge < -0.3 is 0 Å². The number of rotatable bonds is 1. The lowest BCUT2D eigenvalue weighted by Gasteiger charge is -2.02. The maximum absolute atomic E-state index is 5.94. The molecule has 0 aliphatic heterocycles. The fraction of sp³-hybridized carbons (Fsp3) is 0.167. The molecule has 1 aromatic carbocycles. The molecule has 0 saturated carbocycles. The van der Waals surface area contributed by atoms with Crippen LogP contribution in [0.3, 0.4) is 0 Å². The molecule has 2 aromatic rings. The molecule has 76 valence electrons. The first-order valence-electron chi connectivity index (χ1n) is 4.73. The molecular formula is C12H11ClN2. The highest BCUT2D eigenvalue weighted by molar-refractivity contribution is 6.30. The fourth-order valence-electron chi connectivity index (χ4n) is 1.26. The highest BCUT2D eigenvalue weighted by atomic mass is 35.5. The number of aromatic nitrogens is 2. The van der Waals surface area contributed by atoms with Crippen LogP contribution < -0.4 is 0 Å². The van der Waals surface area contributed by atoms with Gasteiger partial charge in [-0.3, -0.25) is 0 Å². The largest absolute Gasteiger partial charge is 0.236 e. The molecule has 0 spiro atoms. The Morgan fingerprint density at radius 1 is 1.07 bits per heavy atom. The Morgan fingerprint density at radius 2 is 1.73 bits per heavy atom. The molecule has 0 N–H and O–H groups in total. The van der Waals surface area contributed by atoms with Crippen LogP contribution in [-0.2, 0) is 0 Å². The van der Waals surface area contributed by atoms with E-state index in [1.54, 1.807) is 6.20 Å². The average Bonchev–Trinajstić information content (AvgIpc) is 2.23. The van der Waals surface area contributed by atoms with Crippen LogP contribution in [0.1, 0.15) is 11.1 Å². The summed E-state index contributed by atoms with van der Waals surface area (Å²) in [7, 11) is 0. The zero-order chi connectivity index (χ0) is 10.8. The summed E-state index contributed by atoms with van der Waals surface area (Å²) >= 11 is 5.94. The molecule has 1 heterocycles. The van der Waals surface area contributed by atoms with Crippen molar-refractivity contribution in [2.75, 3.05) is 0 Å². The summed E-state index contributed by atoms with van der Waals surface area (Å²) in [6.07, 6.45) is 1.74. The Bertz CT molecular complexity index is 477. The molecule has 0 unspecified atom stereocenters. The Morgan fingerprint density at radius 3 is 2.33 bits per heavy atom. The minimum absolute atomic E-state index is 0.514. The highest BCUT2D eigenvalue weighted by Gasteiger charge is 2.03. The Labute approximate surface area is 94.0 Å². The molecule has 0 saturated heterocycles. The Hall–Kier alpha value is -1.41. The van der Waals surface area contributed by atoms with Crippen LogP contribution >= 0.6 is 11.6 Å². The third-order valence-corrected chi connectivity index (χ3v) is 2.60. The van der Waals surface area contributed by atoms with Crippen LogP contribution in [0, 0.1) is 13.8 Å².